The van der Waals surface area contributed by atoms with Crippen LogP contribution in [0.1, 0.15) is 24.9 Å². The first-order valence-corrected chi connectivity index (χ1v) is 13.7. The van der Waals surface area contributed by atoms with E-state index in [2.05, 4.69) is 15.5 Å². The summed E-state index contributed by atoms with van der Waals surface area (Å²) in [6.07, 6.45) is 2.95. The first kappa shape index (κ1) is 27.3. The number of nitrogens with zero attached hydrogens (tertiary/aromatic N) is 3. The van der Waals surface area contributed by atoms with E-state index in [0.29, 0.717) is 45.5 Å². The molecule has 1 saturated heterocycles. The molecular weight excluding hydrogens is 552 g/mol. The molecule has 3 heterocycles. The lowest BCUT2D eigenvalue weighted by molar-refractivity contribution is -0.128. The quantitative estimate of drug-likeness (QED) is 0.171. The van der Waals surface area contributed by atoms with Gasteiger partial charge in [0.25, 0.3) is 0 Å². The Kier molecular flexibility index (Phi) is 8.68. The van der Waals surface area contributed by atoms with E-state index in [9.17, 15) is 9.59 Å². The summed E-state index contributed by atoms with van der Waals surface area (Å²) < 4.78 is 16.7. The Morgan fingerprint density at radius 2 is 1.95 bits per heavy atom. The second-order valence-electron chi connectivity index (χ2n) is 8.63. The Morgan fingerprint density at radius 1 is 1.12 bits per heavy atom. The molecule has 0 saturated carbocycles. The predicted molar refractivity (Wildman–Crippen MR) is 156 cm³/mol. The number of ether oxygens (including phenoxy) is 1. The van der Waals surface area contributed by atoms with Crippen LogP contribution in [-0.2, 0) is 16.1 Å². The van der Waals surface area contributed by atoms with Crippen molar-refractivity contribution in [2.24, 2.45) is 10.2 Å². The highest BCUT2D eigenvalue weighted by Crippen LogP contribution is 2.32. The summed E-state index contributed by atoms with van der Waals surface area (Å²) in [6.45, 7) is 2.63. The molecule has 1 N–H and O–H groups in total. The van der Waals surface area contributed by atoms with Crippen molar-refractivity contribution in [3.05, 3.63) is 95.6 Å². The molecule has 0 bridgehead atoms. The molecule has 9 nitrogen and oxygen atoms in total. The summed E-state index contributed by atoms with van der Waals surface area (Å²) in [4.78, 5) is 27.5. The third-order valence-electron chi connectivity index (χ3n) is 5.83. The molecule has 1 atom stereocenters. The van der Waals surface area contributed by atoms with E-state index in [1.165, 1.54) is 29.1 Å². The van der Waals surface area contributed by atoms with E-state index in [1.54, 1.807) is 54.6 Å². The van der Waals surface area contributed by atoms with Crippen molar-refractivity contribution >= 4 is 52.2 Å². The highest BCUT2D eigenvalue weighted by molar-refractivity contribution is 8.15. The van der Waals surface area contributed by atoms with Crippen molar-refractivity contribution in [3.8, 4) is 17.1 Å². The second kappa shape index (κ2) is 12.7. The van der Waals surface area contributed by atoms with Gasteiger partial charge in [0.05, 0.1) is 30.7 Å². The summed E-state index contributed by atoms with van der Waals surface area (Å²) in [5.74, 6) is 1.82. The number of amidine groups is 1. The van der Waals surface area contributed by atoms with Crippen LogP contribution in [-0.4, -0.2) is 40.0 Å². The topological polar surface area (TPSA) is 110 Å². The average molecular weight is 577 g/mol. The number of carbonyl (C=O) groups is 2. The smallest absolute Gasteiger partial charge is 0.243 e. The van der Waals surface area contributed by atoms with Gasteiger partial charge in [-0.3, -0.25) is 14.5 Å². The van der Waals surface area contributed by atoms with E-state index >= 15 is 0 Å². The molecule has 1 aliphatic heterocycles. The van der Waals surface area contributed by atoms with Gasteiger partial charge < -0.3 is 18.9 Å². The number of hydrogen-bond acceptors (Lipinski definition) is 8. The lowest BCUT2D eigenvalue weighted by Crippen LogP contribution is -2.33. The zero-order valence-electron chi connectivity index (χ0n) is 21.5. The van der Waals surface area contributed by atoms with Crippen molar-refractivity contribution in [1.82, 2.24) is 4.90 Å². The Morgan fingerprint density at radius 3 is 2.70 bits per heavy atom. The molecular formula is C29H25ClN4O5S. The SMILES string of the molecule is CCOc1ccc(NC(=O)CC2S/C(=N\N=C\c3ccc(-c4ccccc4Cl)o3)N(Cc3ccco3)C2=O)cc1. The fourth-order valence-corrected chi connectivity index (χ4v) is 5.29. The molecule has 2 aromatic heterocycles. The van der Waals surface area contributed by atoms with Gasteiger partial charge in [0.2, 0.25) is 11.8 Å². The number of furan rings is 2. The summed E-state index contributed by atoms with van der Waals surface area (Å²) in [6, 6.07) is 21.5. The minimum absolute atomic E-state index is 0.0342. The van der Waals surface area contributed by atoms with Gasteiger partial charge in [0.15, 0.2) is 5.17 Å². The number of anilines is 1. The summed E-state index contributed by atoms with van der Waals surface area (Å²) in [5.41, 5.74) is 1.38. The first-order chi connectivity index (χ1) is 19.5. The highest BCUT2D eigenvalue weighted by Gasteiger charge is 2.39. The number of carbonyl (C=O) groups excluding carboxylic acids is 2. The monoisotopic (exact) mass is 576 g/mol. The van der Waals surface area contributed by atoms with Crippen LogP contribution in [0.2, 0.25) is 5.02 Å². The average Bonchev–Trinajstić information content (AvgIpc) is 3.69. The van der Waals surface area contributed by atoms with Gasteiger partial charge in [-0.15, -0.1) is 5.10 Å². The number of amides is 2. The van der Waals surface area contributed by atoms with Crippen LogP contribution in [0, 0.1) is 0 Å². The number of rotatable bonds is 10. The van der Waals surface area contributed by atoms with Crippen molar-refractivity contribution in [3.63, 3.8) is 0 Å². The molecule has 2 aromatic carbocycles. The van der Waals surface area contributed by atoms with Gasteiger partial charge in [-0.1, -0.05) is 35.5 Å². The summed E-state index contributed by atoms with van der Waals surface area (Å²) in [7, 11) is 0. The Bertz CT molecular complexity index is 1530. The molecule has 1 aliphatic rings. The van der Waals surface area contributed by atoms with Gasteiger partial charge in [-0.05, 0) is 67.6 Å². The van der Waals surface area contributed by atoms with Crippen molar-refractivity contribution < 1.29 is 23.2 Å². The standard InChI is InChI=1S/C29H25ClN4O5S/c1-2-37-20-11-9-19(10-12-20)32-27(35)16-26-28(36)34(18-22-6-5-15-38-22)29(40-26)33-31-17-21-13-14-25(39-21)23-7-3-4-8-24(23)30/h3-15,17,26H,2,16,18H2,1H3,(H,32,35)/b31-17+,33-29-. The minimum atomic E-state index is -0.665. The number of hydrogen-bond donors (Lipinski definition) is 1. The van der Waals surface area contributed by atoms with Gasteiger partial charge in [-0.25, -0.2) is 0 Å². The Hall–Kier alpha value is -4.28. The van der Waals surface area contributed by atoms with Gasteiger partial charge in [-0.2, -0.15) is 5.10 Å². The molecule has 11 heteroatoms. The maximum absolute atomic E-state index is 13.3. The predicted octanol–water partition coefficient (Wildman–Crippen LogP) is 6.45. The molecule has 2 amide bonds. The van der Waals surface area contributed by atoms with Crippen molar-refractivity contribution in [1.29, 1.82) is 0 Å². The number of halogens is 1. The number of thioether (sulfide) groups is 1. The molecule has 1 fully saturated rings. The number of benzene rings is 2. The van der Waals surface area contributed by atoms with Gasteiger partial charge in [0, 0.05) is 17.7 Å². The van der Waals surface area contributed by atoms with Crippen molar-refractivity contribution in [2.45, 2.75) is 25.1 Å². The molecule has 1 unspecified atom stereocenters. The zero-order valence-corrected chi connectivity index (χ0v) is 23.0. The summed E-state index contributed by atoms with van der Waals surface area (Å²) in [5, 5.41) is 11.5. The van der Waals surface area contributed by atoms with Crippen LogP contribution in [0.25, 0.3) is 11.3 Å². The molecule has 5 rings (SSSR count). The van der Waals surface area contributed by atoms with Crippen LogP contribution >= 0.6 is 23.4 Å². The maximum Gasteiger partial charge on any atom is 0.243 e. The van der Waals surface area contributed by atoms with Crippen LogP contribution in [0.4, 0.5) is 5.69 Å². The first-order valence-electron chi connectivity index (χ1n) is 12.5. The van der Waals surface area contributed by atoms with Crippen LogP contribution in [0.5, 0.6) is 5.75 Å². The maximum atomic E-state index is 13.3. The fraction of sp³-hybridized carbons (Fsp3) is 0.172. The van der Waals surface area contributed by atoms with E-state index < -0.39 is 5.25 Å². The zero-order chi connectivity index (χ0) is 27.9. The lowest BCUT2D eigenvalue weighted by Gasteiger charge is -2.14. The second-order valence-corrected chi connectivity index (χ2v) is 10.2. The van der Waals surface area contributed by atoms with E-state index in [0.717, 1.165) is 5.56 Å². The highest BCUT2D eigenvalue weighted by atomic mass is 35.5. The fourth-order valence-electron chi connectivity index (χ4n) is 3.96. The van der Waals surface area contributed by atoms with Crippen LogP contribution in [0.15, 0.2) is 98.1 Å². The molecule has 4 aromatic rings. The molecule has 40 heavy (non-hydrogen) atoms. The van der Waals surface area contributed by atoms with E-state index in [-0.39, 0.29) is 24.8 Å². The third-order valence-corrected chi connectivity index (χ3v) is 7.32. The van der Waals surface area contributed by atoms with Crippen molar-refractivity contribution in [2.75, 3.05) is 11.9 Å². The van der Waals surface area contributed by atoms with Crippen LogP contribution in [0.3, 0.4) is 0 Å². The lowest BCUT2D eigenvalue weighted by atomic mass is 10.2. The van der Waals surface area contributed by atoms with E-state index in [1.807, 2.05) is 25.1 Å². The molecule has 0 spiro atoms. The molecule has 0 radical (unpaired) electrons. The molecule has 0 aliphatic carbocycles. The third kappa shape index (κ3) is 6.64. The largest absolute Gasteiger partial charge is 0.494 e. The Balaban J connectivity index is 1.28. The number of nitrogens with one attached hydrogen (secondary N) is 1. The van der Waals surface area contributed by atoms with E-state index in [4.69, 9.17) is 25.2 Å². The summed E-state index contributed by atoms with van der Waals surface area (Å²) >= 11 is 7.44. The normalized spacial score (nSPS) is 16.2. The molecule has 204 valence electrons. The van der Waals surface area contributed by atoms with Gasteiger partial charge >= 0.3 is 0 Å². The van der Waals surface area contributed by atoms with Crippen LogP contribution < -0.4 is 10.1 Å². The minimum Gasteiger partial charge on any atom is -0.494 e. The Labute approximate surface area is 239 Å². The van der Waals surface area contributed by atoms with Gasteiger partial charge in [0.1, 0.15) is 28.3 Å².